The molecule has 0 heterocycles. The van der Waals surface area contributed by atoms with Gasteiger partial charge in [0.1, 0.15) is 0 Å². The van der Waals surface area contributed by atoms with Crippen molar-refractivity contribution in [1.29, 1.82) is 0 Å². The molecule has 0 unspecified atom stereocenters. The normalized spacial score (nSPS) is 12.0. The Hall–Kier alpha value is -1.03. The zero-order valence-corrected chi connectivity index (χ0v) is 10.7. The lowest BCUT2D eigenvalue weighted by Gasteiger charge is -2.18. The second kappa shape index (κ2) is 5.16. The molecule has 0 bridgehead atoms. The second-order valence-corrected chi connectivity index (χ2v) is 4.53. The first-order chi connectivity index (χ1) is 7.00. The predicted molar refractivity (Wildman–Crippen MR) is 64.8 cm³/mol. The molecule has 0 saturated heterocycles. The van der Waals surface area contributed by atoms with Gasteiger partial charge in [-0.2, -0.15) is 0 Å². The highest BCUT2D eigenvalue weighted by atomic mass is 79.9. The first kappa shape index (κ1) is 12.0. The molecule has 3 nitrogen and oxygen atoms in total. The molecule has 1 atom stereocenters. The third-order valence-corrected chi connectivity index (χ3v) is 2.64. The van der Waals surface area contributed by atoms with Crippen molar-refractivity contribution in [3.05, 3.63) is 34.3 Å². The van der Waals surface area contributed by atoms with Gasteiger partial charge in [-0.3, -0.25) is 0 Å². The monoisotopic (exact) mass is 270 g/mol. The van der Waals surface area contributed by atoms with Crippen LogP contribution in [0.1, 0.15) is 18.5 Å². The molecule has 1 aromatic rings. The number of carbonyl (C=O) groups is 1. The van der Waals surface area contributed by atoms with Gasteiger partial charge >= 0.3 is 6.03 Å². The lowest BCUT2D eigenvalue weighted by atomic mass is 10.1. The molecule has 1 N–H and O–H groups in total. The number of nitrogens with one attached hydrogen (secondary N) is 1. The van der Waals surface area contributed by atoms with Crippen molar-refractivity contribution >= 4 is 22.0 Å². The zero-order chi connectivity index (χ0) is 11.4. The number of rotatable bonds is 2. The Labute approximate surface area is 98.6 Å². The fourth-order valence-electron chi connectivity index (χ4n) is 1.15. The van der Waals surface area contributed by atoms with Crippen molar-refractivity contribution in [3.63, 3.8) is 0 Å². The standard InChI is InChI=1S/C11H15BrN2O/c1-8(13-11(15)14(2)3)9-4-6-10(12)7-5-9/h4-8H,1-3H3,(H,13,15)/t8-/m0/s1. The van der Waals surface area contributed by atoms with Crippen molar-refractivity contribution in [2.45, 2.75) is 13.0 Å². The van der Waals surface area contributed by atoms with E-state index in [1.807, 2.05) is 31.2 Å². The third kappa shape index (κ3) is 3.55. The molecule has 82 valence electrons. The summed E-state index contributed by atoms with van der Waals surface area (Å²) in [5, 5.41) is 2.89. The minimum absolute atomic E-state index is 0.0213. The van der Waals surface area contributed by atoms with Gasteiger partial charge in [0.2, 0.25) is 0 Å². The lowest BCUT2D eigenvalue weighted by molar-refractivity contribution is 0.214. The highest BCUT2D eigenvalue weighted by Gasteiger charge is 2.09. The molecule has 15 heavy (non-hydrogen) atoms. The molecule has 0 aliphatic rings. The van der Waals surface area contributed by atoms with Crippen LogP contribution in [0.4, 0.5) is 4.79 Å². The van der Waals surface area contributed by atoms with E-state index in [-0.39, 0.29) is 12.1 Å². The summed E-state index contributed by atoms with van der Waals surface area (Å²) in [6, 6.07) is 7.86. The molecule has 0 radical (unpaired) electrons. The molecular weight excluding hydrogens is 256 g/mol. The van der Waals surface area contributed by atoms with Crippen LogP contribution in [0.25, 0.3) is 0 Å². The fraction of sp³-hybridized carbons (Fsp3) is 0.364. The van der Waals surface area contributed by atoms with Crippen molar-refractivity contribution in [3.8, 4) is 0 Å². The average molecular weight is 271 g/mol. The number of benzene rings is 1. The molecule has 1 aromatic carbocycles. The van der Waals surface area contributed by atoms with Gasteiger partial charge in [0.05, 0.1) is 6.04 Å². The maximum absolute atomic E-state index is 11.4. The number of carbonyl (C=O) groups excluding carboxylic acids is 1. The number of hydrogen-bond donors (Lipinski definition) is 1. The van der Waals surface area contributed by atoms with E-state index < -0.39 is 0 Å². The molecule has 0 aliphatic heterocycles. The van der Waals surface area contributed by atoms with Crippen LogP contribution in [0.15, 0.2) is 28.7 Å². The van der Waals surface area contributed by atoms with Gasteiger partial charge in [-0.1, -0.05) is 28.1 Å². The summed E-state index contributed by atoms with van der Waals surface area (Å²) in [6.45, 7) is 1.96. The van der Waals surface area contributed by atoms with E-state index >= 15 is 0 Å². The van der Waals surface area contributed by atoms with Crippen molar-refractivity contribution in [2.75, 3.05) is 14.1 Å². The summed E-state index contributed by atoms with van der Waals surface area (Å²) in [6.07, 6.45) is 0. The van der Waals surface area contributed by atoms with E-state index in [1.54, 1.807) is 14.1 Å². The summed E-state index contributed by atoms with van der Waals surface area (Å²) in [5.74, 6) is 0. The topological polar surface area (TPSA) is 32.3 Å². The Kier molecular flexibility index (Phi) is 4.15. The van der Waals surface area contributed by atoms with Crippen LogP contribution in [0.2, 0.25) is 0 Å². The van der Waals surface area contributed by atoms with Crippen LogP contribution in [0, 0.1) is 0 Å². The molecular formula is C11H15BrN2O. The molecule has 2 amide bonds. The first-order valence-electron chi connectivity index (χ1n) is 4.74. The summed E-state index contributed by atoms with van der Waals surface area (Å²) in [4.78, 5) is 12.9. The lowest BCUT2D eigenvalue weighted by Crippen LogP contribution is -2.36. The summed E-state index contributed by atoms with van der Waals surface area (Å²) < 4.78 is 1.04. The fourth-order valence-corrected chi connectivity index (χ4v) is 1.41. The molecule has 0 aromatic heterocycles. The number of amides is 2. The van der Waals surface area contributed by atoms with E-state index in [4.69, 9.17) is 0 Å². The highest BCUT2D eigenvalue weighted by molar-refractivity contribution is 9.10. The van der Waals surface area contributed by atoms with Gasteiger partial charge in [0.25, 0.3) is 0 Å². The largest absolute Gasteiger partial charge is 0.331 e. The predicted octanol–water partition coefficient (Wildman–Crippen LogP) is 2.78. The number of nitrogens with zero attached hydrogens (tertiary/aromatic N) is 1. The van der Waals surface area contributed by atoms with Gasteiger partial charge in [0, 0.05) is 18.6 Å². The maximum atomic E-state index is 11.4. The maximum Gasteiger partial charge on any atom is 0.317 e. The molecule has 0 aliphatic carbocycles. The Morgan fingerprint density at radius 3 is 2.33 bits per heavy atom. The van der Waals surface area contributed by atoms with Crippen molar-refractivity contribution < 1.29 is 4.79 Å². The third-order valence-electron chi connectivity index (χ3n) is 2.12. The Balaban J connectivity index is 2.65. The van der Waals surface area contributed by atoms with E-state index in [2.05, 4.69) is 21.2 Å². The van der Waals surface area contributed by atoms with Crippen LogP contribution in [-0.2, 0) is 0 Å². The molecule has 0 fully saturated rings. The number of hydrogen-bond acceptors (Lipinski definition) is 1. The van der Waals surface area contributed by atoms with Crippen LogP contribution < -0.4 is 5.32 Å². The second-order valence-electron chi connectivity index (χ2n) is 3.62. The van der Waals surface area contributed by atoms with Crippen LogP contribution >= 0.6 is 15.9 Å². The minimum Gasteiger partial charge on any atom is -0.331 e. The minimum atomic E-state index is -0.0783. The van der Waals surface area contributed by atoms with E-state index in [0.29, 0.717) is 0 Å². The Morgan fingerprint density at radius 2 is 1.87 bits per heavy atom. The van der Waals surface area contributed by atoms with Crippen LogP contribution in [0.5, 0.6) is 0 Å². The SMILES string of the molecule is C[C@H](NC(=O)N(C)C)c1ccc(Br)cc1. The van der Waals surface area contributed by atoms with Crippen LogP contribution in [-0.4, -0.2) is 25.0 Å². The van der Waals surface area contributed by atoms with Crippen LogP contribution in [0.3, 0.4) is 0 Å². The average Bonchev–Trinajstić information content (AvgIpc) is 2.18. The van der Waals surface area contributed by atoms with Gasteiger partial charge in [-0.25, -0.2) is 4.79 Å². The van der Waals surface area contributed by atoms with Gasteiger partial charge in [-0.05, 0) is 24.6 Å². The summed E-state index contributed by atoms with van der Waals surface area (Å²) in [5.41, 5.74) is 1.09. The van der Waals surface area contributed by atoms with Crippen molar-refractivity contribution in [2.24, 2.45) is 0 Å². The van der Waals surface area contributed by atoms with Crippen molar-refractivity contribution in [1.82, 2.24) is 10.2 Å². The van der Waals surface area contributed by atoms with Gasteiger partial charge < -0.3 is 10.2 Å². The highest BCUT2D eigenvalue weighted by Crippen LogP contribution is 2.16. The molecule has 4 heteroatoms. The van der Waals surface area contributed by atoms with Gasteiger partial charge in [0.15, 0.2) is 0 Å². The Bertz CT molecular complexity index is 335. The number of halogens is 1. The molecule has 0 spiro atoms. The zero-order valence-electron chi connectivity index (χ0n) is 9.12. The Morgan fingerprint density at radius 1 is 1.33 bits per heavy atom. The molecule has 0 saturated carbocycles. The smallest absolute Gasteiger partial charge is 0.317 e. The van der Waals surface area contributed by atoms with E-state index in [1.165, 1.54) is 4.90 Å². The summed E-state index contributed by atoms with van der Waals surface area (Å²) >= 11 is 3.37. The quantitative estimate of drug-likeness (QED) is 0.881. The first-order valence-corrected chi connectivity index (χ1v) is 5.53. The van der Waals surface area contributed by atoms with E-state index in [0.717, 1.165) is 10.0 Å². The summed E-state index contributed by atoms with van der Waals surface area (Å²) in [7, 11) is 3.45. The molecule has 1 rings (SSSR count). The number of urea groups is 1. The van der Waals surface area contributed by atoms with Gasteiger partial charge in [-0.15, -0.1) is 0 Å². The van der Waals surface area contributed by atoms with E-state index in [9.17, 15) is 4.79 Å².